The van der Waals surface area contributed by atoms with Crippen LogP contribution in [0.2, 0.25) is 0 Å². The van der Waals surface area contributed by atoms with E-state index in [2.05, 4.69) is 36.5 Å². The Morgan fingerprint density at radius 1 is 1.35 bits per heavy atom. The maximum atomic E-state index is 6.09. The molecule has 1 aliphatic heterocycles. The Bertz CT molecular complexity index is 390. The first-order valence-electron chi connectivity index (χ1n) is 6.74. The normalized spacial score (nSPS) is 31.7. The van der Waals surface area contributed by atoms with Crippen molar-refractivity contribution in [2.75, 3.05) is 19.7 Å². The summed E-state index contributed by atoms with van der Waals surface area (Å²) < 4.78 is 6.09. The number of benzene rings is 1. The summed E-state index contributed by atoms with van der Waals surface area (Å²) in [4.78, 5) is 0. The van der Waals surface area contributed by atoms with Crippen molar-refractivity contribution in [1.82, 2.24) is 5.32 Å². The van der Waals surface area contributed by atoms with E-state index in [0.29, 0.717) is 17.9 Å². The third-order valence-electron chi connectivity index (χ3n) is 4.23. The fraction of sp³-hybridized carbons (Fsp3) is 0.600. The number of hydrogen-bond donors (Lipinski definition) is 1. The Labute approximate surface area is 103 Å². The topological polar surface area (TPSA) is 21.3 Å². The monoisotopic (exact) mass is 231 g/mol. The molecule has 1 N–H and O–H groups in total. The highest BCUT2D eigenvalue weighted by Crippen LogP contribution is 2.35. The number of piperidine rings is 1. The van der Waals surface area contributed by atoms with Gasteiger partial charge in [0.05, 0.1) is 12.7 Å². The molecule has 92 valence electrons. The average Bonchev–Trinajstić information content (AvgIpc) is 2.32. The molecule has 0 spiro atoms. The standard InChI is InChI=1S/C15H21NO/c1-11-6-7-16-9-15(11)17-10-13-8-12-4-2-3-5-14(12)13/h2-5,11,13,15-16H,6-10H2,1H3. The first-order valence-corrected chi connectivity index (χ1v) is 6.74. The summed E-state index contributed by atoms with van der Waals surface area (Å²) >= 11 is 0. The van der Waals surface area contributed by atoms with Crippen LogP contribution >= 0.6 is 0 Å². The van der Waals surface area contributed by atoms with Crippen LogP contribution in [0.25, 0.3) is 0 Å². The average molecular weight is 231 g/mol. The molecular formula is C15H21NO. The molecule has 1 aliphatic carbocycles. The molecule has 0 amide bonds. The van der Waals surface area contributed by atoms with Gasteiger partial charge in [0.25, 0.3) is 0 Å². The van der Waals surface area contributed by atoms with Crippen LogP contribution < -0.4 is 5.32 Å². The smallest absolute Gasteiger partial charge is 0.0725 e. The first-order chi connectivity index (χ1) is 8.34. The van der Waals surface area contributed by atoms with E-state index < -0.39 is 0 Å². The van der Waals surface area contributed by atoms with Crippen LogP contribution in [0.1, 0.15) is 30.4 Å². The lowest BCUT2D eigenvalue weighted by molar-refractivity contribution is -0.00548. The fourth-order valence-electron chi connectivity index (χ4n) is 2.94. The molecule has 2 aliphatic rings. The number of hydrogen-bond acceptors (Lipinski definition) is 2. The minimum absolute atomic E-state index is 0.413. The molecule has 0 radical (unpaired) electrons. The molecule has 1 aromatic carbocycles. The molecule has 3 unspecified atom stereocenters. The molecule has 3 rings (SSSR count). The lowest BCUT2D eigenvalue weighted by Gasteiger charge is -2.34. The Balaban J connectivity index is 1.53. The zero-order valence-electron chi connectivity index (χ0n) is 10.5. The van der Waals surface area contributed by atoms with E-state index >= 15 is 0 Å². The highest BCUT2D eigenvalue weighted by Gasteiger charge is 2.28. The second-order valence-electron chi connectivity index (χ2n) is 5.44. The minimum atomic E-state index is 0.413. The van der Waals surface area contributed by atoms with Gasteiger partial charge >= 0.3 is 0 Å². The van der Waals surface area contributed by atoms with Gasteiger partial charge in [-0.3, -0.25) is 0 Å². The Morgan fingerprint density at radius 2 is 2.24 bits per heavy atom. The van der Waals surface area contributed by atoms with Gasteiger partial charge in [-0.25, -0.2) is 0 Å². The molecule has 1 heterocycles. The highest BCUT2D eigenvalue weighted by molar-refractivity contribution is 5.39. The number of ether oxygens (including phenoxy) is 1. The number of nitrogens with one attached hydrogen (secondary N) is 1. The van der Waals surface area contributed by atoms with Crippen LogP contribution in [0.3, 0.4) is 0 Å². The maximum Gasteiger partial charge on any atom is 0.0725 e. The zero-order chi connectivity index (χ0) is 11.7. The van der Waals surface area contributed by atoms with E-state index in [9.17, 15) is 0 Å². The van der Waals surface area contributed by atoms with Crippen LogP contribution in [0.4, 0.5) is 0 Å². The summed E-state index contributed by atoms with van der Waals surface area (Å²) in [5.74, 6) is 1.34. The molecule has 3 atom stereocenters. The van der Waals surface area contributed by atoms with Crippen LogP contribution in [0, 0.1) is 5.92 Å². The molecule has 2 nitrogen and oxygen atoms in total. The third-order valence-corrected chi connectivity index (χ3v) is 4.23. The summed E-state index contributed by atoms with van der Waals surface area (Å²) in [5.41, 5.74) is 3.01. The number of rotatable bonds is 3. The molecule has 0 bridgehead atoms. The Hall–Kier alpha value is -0.860. The summed E-state index contributed by atoms with van der Waals surface area (Å²) in [7, 11) is 0. The first kappa shape index (κ1) is 11.2. The molecule has 1 aromatic rings. The third kappa shape index (κ3) is 2.24. The van der Waals surface area contributed by atoms with E-state index in [1.807, 2.05) is 0 Å². The van der Waals surface area contributed by atoms with E-state index in [4.69, 9.17) is 4.74 Å². The van der Waals surface area contributed by atoms with Gasteiger partial charge in [0.1, 0.15) is 0 Å². The van der Waals surface area contributed by atoms with Crippen molar-refractivity contribution in [1.29, 1.82) is 0 Å². The fourth-order valence-corrected chi connectivity index (χ4v) is 2.94. The summed E-state index contributed by atoms with van der Waals surface area (Å²) in [6.45, 7) is 5.37. The second-order valence-corrected chi connectivity index (χ2v) is 5.44. The molecule has 1 fully saturated rings. The van der Waals surface area contributed by atoms with Crippen LogP contribution in [-0.4, -0.2) is 25.8 Å². The lowest BCUT2D eigenvalue weighted by atomic mass is 9.78. The van der Waals surface area contributed by atoms with Crippen molar-refractivity contribution in [2.45, 2.75) is 31.8 Å². The van der Waals surface area contributed by atoms with E-state index in [1.54, 1.807) is 0 Å². The zero-order valence-corrected chi connectivity index (χ0v) is 10.5. The predicted molar refractivity (Wildman–Crippen MR) is 69.3 cm³/mol. The largest absolute Gasteiger partial charge is 0.376 e. The highest BCUT2D eigenvalue weighted by atomic mass is 16.5. The quantitative estimate of drug-likeness (QED) is 0.862. The van der Waals surface area contributed by atoms with E-state index in [1.165, 1.54) is 24.0 Å². The van der Waals surface area contributed by atoms with Gasteiger partial charge < -0.3 is 10.1 Å². The Morgan fingerprint density at radius 3 is 3.06 bits per heavy atom. The van der Waals surface area contributed by atoms with Crippen molar-refractivity contribution in [2.24, 2.45) is 5.92 Å². The molecule has 1 saturated heterocycles. The maximum absolute atomic E-state index is 6.09. The van der Waals surface area contributed by atoms with Crippen LogP contribution in [-0.2, 0) is 11.2 Å². The van der Waals surface area contributed by atoms with Gasteiger partial charge in [-0.15, -0.1) is 0 Å². The van der Waals surface area contributed by atoms with Crippen LogP contribution in [0.5, 0.6) is 0 Å². The summed E-state index contributed by atoms with van der Waals surface area (Å²) in [5, 5.41) is 3.42. The van der Waals surface area contributed by atoms with Gasteiger partial charge in [0, 0.05) is 12.5 Å². The summed E-state index contributed by atoms with van der Waals surface area (Å²) in [6, 6.07) is 8.74. The SMILES string of the molecule is CC1CCNCC1OCC1Cc2ccccc21. The number of fused-ring (bicyclic) bond motifs is 1. The van der Waals surface area contributed by atoms with Crippen molar-refractivity contribution < 1.29 is 4.74 Å². The van der Waals surface area contributed by atoms with Crippen molar-refractivity contribution in [3.63, 3.8) is 0 Å². The van der Waals surface area contributed by atoms with Gasteiger partial charge in [-0.2, -0.15) is 0 Å². The van der Waals surface area contributed by atoms with Crippen molar-refractivity contribution >= 4 is 0 Å². The summed E-state index contributed by atoms with van der Waals surface area (Å²) in [6.07, 6.45) is 2.85. The molecule has 0 aromatic heterocycles. The lowest BCUT2D eigenvalue weighted by Crippen LogP contribution is -2.42. The molecule has 2 heteroatoms. The van der Waals surface area contributed by atoms with E-state index in [-0.39, 0.29) is 0 Å². The predicted octanol–water partition coefficient (Wildman–Crippen LogP) is 2.34. The van der Waals surface area contributed by atoms with Crippen molar-refractivity contribution in [3.8, 4) is 0 Å². The minimum Gasteiger partial charge on any atom is -0.376 e. The van der Waals surface area contributed by atoms with E-state index in [0.717, 1.165) is 19.7 Å². The Kier molecular flexibility index (Phi) is 3.17. The molecular weight excluding hydrogens is 210 g/mol. The molecule has 0 saturated carbocycles. The van der Waals surface area contributed by atoms with Crippen LogP contribution in [0.15, 0.2) is 24.3 Å². The van der Waals surface area contributed by atoms with Gasteiger partial charge in [-0.05, 0) is 36.4 Å². The van der Waals surface area contributed by atoms with Gasteiger partial charge in [-0.1, -0.05) is 31.2 Å². The van der Waals surface area contributed by atoms with Crippen molar-refractivity contribution in [3.05, 3.63) is 35.4 Å². The second kappa shape index (κ2) is 4.79. The van der Waals surface area contributed by atoms with Gasteiger partial charge in [0.2, 0.25) is 0 Å². The molecule has 17 heavy (non-hydrogen) atoms. The van der Waals surface area contributed by atoms with Gasteiger partial charge in [0.15, 0.2) is 0 Å².